The fourth-order valence-corrected chi connectivity index (χ4v) is 2.58. The molecule has 0 spiro atoms. The Morgan fingerprint density at radius 2 is 1.65 bits per heavy atom. The van der Waals surface area contributed by atoms with Crippen molar-refractivity contribution in [1.29, 1.82) is 0 Å². The molecule has 164 valence electrons. The molecule has 0 saturated carbocycles. The lowest BCUT2D eigenvalue weighted by Crippen LogP contribution is -2.24. The van der Waals surface area contributed by atoms with E-state index in [1.807, 2.05) is 24.3 Å². The molecule has 0 radical (unpaired) electrons. The Bertz CT molecular complexity index is 938. The van der Waals surface area contributed by atoms with E-state index in [0.29, 0.717) is 11.3 Å². The molecular formula is C23H26N2O6. The van der Waals surface area contributed by atoms with Crippen LogP contribution in [0.1, 0.15) is 44.7 Å². The summed E-state index contributed by atoms with van der Waals surface area (Å²) < 4.78 is 15.5. The highest BCUT2D eigenvalue weighted by Crippen LogP contribution is 2.24. The van der Waals surface area contributed by atoms with E-state index in [1.165, 1.54) is 37.8 Å². The number of hydrazone groups is 1. The number of carbonyl (C=O) groups is 3. The Hall–Kier alpha value is -3.68. The third-order valence-corrected chi connectivity index (χ3v) is 4.01. The van der Waals surface area contributed by atoms with Crippen molar-refractivity contribution >= 4 is 24.1 Å². The van der Waals surface area contributed by atoms with Crippen molar-refractivity contribution in [2.24, 2.45) is 5.10 Å². The van der Waals surface area contributed by atoms with Crippen molar-refractivity contribution in [1.82, 2.24) is 5.43 Å². The van der Waals surface area contributed by atoms with E-state index < -0.39 is 17.8 Å². The number of unbranched alkanes of at least 4 members (excludes halogenated alkanes) is 1. The summed E-state index contributed by atoms with van der Waals surface area (Å²) in [5.41, 5.74) is 3.99. The minimum absolute atomic E-state index is 0.142. The number of benzene rings is 2. The average Bonchev–Trinajstić information content (AvgIpc) is 2.72. The SMILES string of the molecule is CCCCc1ccc(OCC(=O)NN=Cc2ccc(OC(C)=O)cc2OC(C)=O)cc1. The van der Waals surface area contributed by atoms with Crippen LogP contribution in [0.5, 0.6) is 17.2 Å². The summed E-state index contributed by atoms with van der Waals surface area (Å²) in [4.78, 5) is 34.4. The molecule has 0 heterocycles. The van der Waals surface area contributed by atoms with Crippen LogP contribution in [0.2, 0.25) is 0 Å². The molecule has 0 atom stereocenters. The lowest BCUT2D eigenvalue weighted by Gasteiger charge is -2.08. The lowest BCUT2D eigenvalue weighted by molar-refractivity contribution is -0.132. The summed E-state index contributed by atoms with van der Waals surface area (Å²) in [6.45, 7) is 4.45. The summed E-state index contributed by atoms with van der Waals surface area (Å²) >= 11 is 0. The summed E-state index contributed by atoms with van der Waals surface area (Å²) in [6, 6.07) is 12.1. The highest BCUT2D eigenvalue weighted by atomic mass is 16.5. The number of hydrogen-bond donors (Lipinski definition) is 1. The van der Waals surface area contributed by atoms with Gasteiger partial charge < -0.3 is 14.2 Å². The summed E-state index contributed by atoms with van der Waals surface area (Å²) in [6.07, 6.45) is 4.60. The molecule has 0 aliphatic heterocycles. The van der Waals surface area contributed by atoms with Gasteiger partial charge in [-0.15, -0.1) is 0 Å². The van der Waals surface area contributed by atoms with Crippen LogP contribution in [-0.2, 0) is 20.8 Å². The smallest absolute Gasteiger partial charge is 0.308 e. The largest absolute Gasteiger partial charge is 0.484 e. The van der Waals surface area contributed by atoms with Crippen molar-refractivity contribution < 1.29 is 28.6 Å². The molecule has 0 bridgehead atoms. The molecule has 2 rings (SSSR count). The second-order valence-corrected chi connectivity index (χ2v) is 6.72. The van der Waals surface area contributed by atoms with Gasteiger partial charge in [0.25, 0.3) is 5.91 Å². The number of rotatable bonds is 10. The number of nitrogens with one attached hydrogen (secondary N) is 1. The van der Waals surface area contributed by atoms with Gasteiger partial charge in [0.15, 0.2) is 6.61 Å². The van der Waals surface area contributed by atoms with Gasteiger partial charge in [-0.25, -0.2) is 5.43 Å². The molecule has 0 saturated heterocycles. The second-order valence-electron chi connectivity index (χ2n) is 6.72. The fourth-order valence-electron chi connectivity index (χ4n) is 2.58. The Morgan fingerprint density at radius 1 is 0.968 bits per heavy atom. The highest BCUT2D eigenvalue weighted by Gasteiger charge is 2.09. The molecule has 0 aliphatic rings. The number of nitrogens with zero attached hydrogens (tertiary/aromatic N) is 1. The molecule has 0 unspecified atom stereocenters. The first-order valence-corrected chi connectivity index (χ1v) is 9.92. The van der Waals surface area contributed by atoms with Crippen molar-refractivity contribution in [3.8, 4) is 17.2 Å². The van der Waals surface area contributed by atoms with Gasteiger partial charge in [0.2, 0.25) is 0 Å². The van der Waals surface area contributed by atoms with Gasteiger partial charge in [-0.1, -0.05) is 25.5 Å². The predicted molar refractivity (Wildman–Crippen MR) is 115 cm³/mol. The Morgan fingerprint density at radius 3 is 2.29 bits per heavy atom. The zero-order valence-electron chi connectivity index (χ0n) is 17.8. The molecule has 2 aromatic rings. The topological polar surface area (TPSA) is 103 Å². The average molecular weight is 426 g/mol. The molecule has 31 heavy (non-hydrogen) atoms. The number of carbonyl (C=O) groups excluding carboxylic acids is 3. The molecule has 0 aromatic heterocycles. The monoisotopic (exact) mass is 426 g/mol. The van der Waals surface area contributed by atoms with E-state index in [1.54, 1.807) is 6.07 Å². The van der Waals surface area contributed by atoms with Crippen LogP contribution in [0.15, 0.2) is 47.6 Å². The van der Waals surface area contributed by atoms with Crippen molar-refractivity contribution in [2.45, 2.75) is 40.0 Å². The minimum atomic E-state index is -0.548. The number of hydrogen-bond acceptors (Lipinski definition) is 7. The number of ether oxygens (including phenoxy) is 3. The Balaban J connectivity index is 1.91. The third-order valence-electron chi connectivity index (χ3n) is 4.01. The van der Waals surface area contributed by atoms with E-state index in [-0.39, 0.29) is 18.1 Å². The molecular weight excluding hydrogens is 400 g/mol. The first-order valence-electron chi connectivity index (χ1n) is 9.92. The molecule has 1 amide bonds. The van der Waals surface area contributed by atoms with E-state index in [9.17, 15) is 14.4 Å². The van der Waals surface area contributed by atoms with Crippen LogP contribution in [0.25, 0.3) is 0 Å². The van der Waals surface area contributed by atoms with Crippen molar-refractivity contribution in [2.75, 3.05) is 6.61 Å². The second kappa shape index (κ2) is 12.1. The van der Waals surface area contributed by atoms with E-state index in [4.69, 9.17) is 14.2 Å². The Kier molecular flexibility index (Phi) is 9.22. The summed E-state index contributed by atoms with van der Waals surface area (Å²) in [7, 11) is 0. The molecule has 0 aliphatic carbocycles. The van der Waals surface area contributed by atoms with E-state index in [0.717, 1.165) is 19.3 Å². The van der Waals surface area contributed by atoms with Crippen LogP contribution >= 0.6 is 0 Å². The van der Waals surface area contributed by atoms with Crippen LogP contribution in [0.3, 0.4) is 0 Å². The van der Waals surface area contributed by atoms with Gasteiger partial charge in [0.1, 0.15) is 17.2 Å². The van der Waals surface area contributed by atoms with Gasteiger partial charge in [-0.3, -0.25) is 14.4 Å². The van der Waals surface area contributed by atoms with Gasteiger partial charge in [0, 0.05) is 25.5 Å². The van der Waals surface area contributed by atoms with Gasteiger partial charge in [-0.05, 0) is 42.7 Å². The van der Waals surface area contributed by atoms with Crippen LogP contribution in [0.4, 0.5) is 0 Å². The zero-order valence-corrected chi connectivity index (χ0v) is 17.8. The van der Waals surface area contributed by atoms with E-state index >= 15 is 0 Å². The highest BCUT2D eigenvalue weighted by molar-refractivity contribution is 5.87. The van der Waals surface area contributed by atoms with Crippen LogP contribution in [-0.4, -0.2) is 30.7 Å². The summed E-state index contributed by atoms with van der Waals surface area (Å²) in [5, 5.41) is 3.86. The number of esters is 2. The zero-order chi connectivity index (χ0) is 22.6. The standard InChI is InChI=1S/C23H26N2O6/c1-4-5-6-18-7-10-20(11-8-18)29-15-23(28)25-24-14-19-9-12-21(30-16(2)26)13-22(19)31-17(3)27/h7-14H,4-6,15H2,1-3H3,(H,25,28). The number of amides is 1. The first-order chi connectivity index (χ1) is 14.9. The molecule has 1 N–H and O–H groups in total. The number of aryl methyl sites for hydroxylation is 1. The van der Waals surface area contributed by atoms with Crippen molar-refractivity contribution in [3.05, 3.63) is 53.6 Å². The maximum atomic E-state index is 12.0. The normalized spacial score (nSPS) is 10.5. The van der Waals surface area contributed by atoms with E-state index in [2.05, 4.69) is 17.5 Å². The third kappa shape index (κ3) is 8.69. The van der Waals surface area contributed by atoms with Crippen molar-refractivity contribution in [3.63, 3.8) is 0 Å². The van der Waals surface area contributed by atoms with Gasteiger partial charge >= 0.3 is 11.9 Å². The maximum absolute atomic E-state index is 12.0. The molecule has 8 heteroatoms. The molecule has 0 fully saturated rings. The summed E-state index contributed by atoms with van der Waals surface area (Å²) in [5.74, 6) is -0.539. The van der Waals surface area contributed by atoms with Crippen LogP contribution < -0.4 is 19.6 Å². The lowest BCUT2D eigenvalue weighted by atomic mass is 10.1. The quantitative estimate of drug-likeness (QED) is 0.270. The first kappa shape index (κ1) is 23.6. The fraction of sp³-hybridized carbons (Fsp3) is 0.304. The van der Waals surface area contributed by atoms with Gasteiger partial charge in [0.05, 0.1) is 6.21 Å². The molecule has 2 aromatic carbocycles. The molecule has 8 nitrogen and oxygen atoms in total. The maximum Gasteiger partial charge on any atom is 0.308 e. The van der Waals surface area contributed by atoms with Crippen LogP contribution in [0, 0.1) is 0 Å². The Labute approximate surface area is 181 Å². The van der Waals surface area contributed by atoms with Gasteiger partial charge in [-0.2, -0.15) is 5.10 Å². The predicted octanol–water partition coefficient (Wildman–Crippen LogP) is 3.41. The minimum Gasteiger partial charge on any atom is -0.484 e.